The van der Waals surface area contributed by atoms with Crippen molar-refractivity contribution < 1.29 is 23.8 Å². The molecule has 2 N–H and O–H groups in total. The van der Waals surface area contributed by atoms with Gasteiger partial charge >= 0.3 is 5.97 Å². The highest BCUT2D eigenvalue weighted by Gasteiger charge is 2.15. The minimum Gasteiger partial charge on any atom is -0.465 e. The van der Waals surface area contributed by atoms with Crippen LogP contribution in [0.4, 0.5) is 17.1 Å². The number of carbonyl (C=O) groups is 2. The van der Waals surface area contributed by atoms with E-state index >= 15 is 0 Å². The Bertz CT molecular complexity index is 1050. The fourth-order valence-corrected chi connectivity index (χ4v) is 2.75. The molecule has 0 atom stereocenters. The Kier molecular flexibility index (Phi) is 4.98. The minimum atomic E-state index is -0.393. The fourth-order valence-electron chi connectivity index (χ4n) is 2.75. The molecule has 0 spiro atoms. The lowest BCUT2D eigenvalue weighted by Gasteiger charge is -2.08. The van der Waals surface area contributed by atoms with Crippen LogP contribution >= 0.6 is 0 Å². The molecule has 146 valence electrons. The van der Waals surface area contributed by atoms with Gasteiger partial charge in [-0.05, 0) is 48.5 Å². The number of fused-ring (bicyclic) bond motifs is 1. The van der Waals surface area contributed by atoms with Gasteiger partial charge in [-0.2, -0.15) is 0 Å². The van der Waals surface area contributed by atoms with E-state index in [-0.39, 0.29) is 18.4 Å². The molecule has 1 aliphatic heterocycles. The van der Waals surface area contributed by atoms with Crippen molar-refractivity contribution in [2.45, 2.75) is 0 Å². The molecule has 1 amide bonds. The minimum absolute atomic E-state index is 0.175. The number of nitrogens with zero attached hydrogens (tertiary/aromatic N) is 1. The first kappa shape index (κ1) is 18.3. The van der Waals surface area contributed by atoms with E-state index in [1.807, 2.05) is 0 Å². The third-order valence-electron chi connectivity index (χ3n) is 4.22. The van der Waals surface area contributed by atoms with Crippen LogP contribution in [-0.2, 0) is 4.74 Å². The topological polar surface area (TPSA) is 98.8 Å². The lowest BCUT2D eigenvalue weighted by molar-refractivity contribution is 0.0600. The quantitative estimate of drug-likeness (QED) is 0.641. The number of amides is 1. The van der Waals surface area contributed by atoms with E-state index in [9.17, 15) is 9.59 Å². The number of carbonyl (C=O) groups excluding carboxylic acids is 2. The third kappa shape index (κ3) is 4.11. The number of nitrogens with one attached hydrogen (secondary N) is 2. The van der Waals surface area contributed by atoms with Crippen LogP contribution < -0.4 is 20.1 Å². The van der Waals surface area contributed by atoms with Gasteiger partial charge in [-0.3, -0.25) is 4.79 Å². The van der Waals surface area contributed by atoms with E-state index in [0.717, 1.165) is 5.69 Å². The maximum absolute atomic E-state index is 12.4. The van der Waals surface area contributed by atoms with Crippen molar-refractivity contribution in [1.29, 1.82) is 0 Å². The summed E-state index contributed by atoms with van der Waals surface area (Å²) in [5, 5.41) is 5.93. The summed E-state index contributed by atoms with van der Waals surface area (Å²) in [6.07, 6.45) is 1.56. The zero-order chi connectivity index (χ0) is 20.2. The highest BCUT2D eigenvalue weighted by atomic mass is 16.7. The molecule has 0 saturated heterocycles. The summed E-state index contributed by atoms with van der Waals surface area (Å²) in [6.45, 7) is 0.175. The lowest BCUT2D eigenvalue weighted by Crippen LogP contribution is -2.13. The summed E-state index contributed by atoms with van der Waals surface area (Å²) in [5.74, 6) is 0.513. The van der Waals surface area contributed by atoms with E-state index < -0.39 is 5.97 Å². The van der Waals surface area contributed by atoms with Crippen LogP contribution in [0.5, 0.6) is 11.5 Å². The Hall–Kier alpha value is -4.07. The van der Waals surface area contributed by atoms with Gasteiger partial charge in [-0.1, -0.05) is 0 Å². The van der Waals surface area contributed by atoms with Crippen molar-refractivity contribution in [3.63, 3.8) is 0 Å². The van der Waals surface area contributed by atoms with E-state index in [4.69, 9.17) is 9.47 Å². The first-order chi connectivity index (χ1) is 14.1. The standard InChI is InChI=1S/C21H17N3O5/c1-27-21(26)13-2-4-14(5-3-13)23-16-6-8-17(22-11-16)20(25)24-15-7-9-18-19(10-15)29-12-28-18/h2-11,23H,12H2,1H3,(H,24,25). The Morgan fingerprint density at radius 3 is 2.38 bits per heavy atom. The monoisotopic (exact) mass is 391 g/mol. The van der Waals surface area contributed by atoms with Crippen LogP contribution in [0, 0.1) is 0 Å². The number of anilines is 3. The smallest absolute Gasteiger partial charge is 0.337 e. The highest BCUT2D eigenvalue weighted by molar-refractivity contribution is 6.03. The molecule has 29 heavy (non-hydrogen) atoms. The van der Waals surface area contributed by atoms with Gasteiger partial charge in [-0.25, -0.2) is 9.78 Å². The van der Waals surface area contributed by atoms with Crippen molar-refractivity contribution in [3.05, 3.63) is 72.1 Å². The van der Waals surface area contributed by atoms with Crippen LogP contribution in [0.25, 0.3) is 0 Å². The Balaban J connectivity index is 1.39. The van der Waals surface area contributed by atoms with E-state index in [0.29, 0.717) is 28.4 Å². The summed E-state index contributed by atoms with van der Waals surface area (Å²) >= 11 is 0. The molecule has 0 aliphatic carbocycles. The predicted octanol–water partition coefficient (Wildman–Crippen LogP) is 3.59. The van der Waals surface area contributed by atoms with Crippen molar-refractivity contribution in [3.8, 4) is 11.5 Å². The number of esters is 1. The predicted molar refractivity (Wildman–Crippen MR) is 106 cm³/mol. The summed E-state index contributed by atoms with van der Waals surface area (Å²) in [4.78, 5) is 28.1. The van der Waals surface area contributed by atoms with E-state index in [1.54, 1.807) is 60.8 Å². The first-order valence-corrected chi connectivity index (χ1v) is 8.75. The molecule has 0 bridgehead atoms. The second-order valence-corrected chi connectivity index (χ2v) is 6.15. The molecule has 1 aromatic heterocycles. The first-order valence-electron chi connectivity index (χ1n) is 8.75. The molecule has 1 aliphatic rings. The van der Waals surface area contributed by atoms with Crippen LogP contribution in [0.3, 0.4) is 0 Å². The zero-order valence-electron chi connectivity index (χ0n) is 15.5. The SMILES string of the molecule is COC(=O)c1ccc(Nc2ccc(C(=O)Nc3ccc4c(c3)OCO4)nc2)cc1. The summed E-state index contributed by atoms with van der Waals surface area (Å²) < 4.78 is 15.2. The van der Waals surface area contributed by atoms with Gasteiger partial charge in [-0.15, -0.1) is 0 Å². The van der Waals surface area contributed by atoms with Gasteiger partial charge in [0.05, 0.1) is 24.6 Å². The number of rotatable bonds is 5. The Labute approximate surface area is 166 Å². The zero-order valence-corrected chi connectivity index (χ0v) is 15.5. The maximum Gasteiger partial charge on any atom is 0.337 e. The molecule has 0 saturated carbocycles. The molecule has 0 radical (unpaired) electrons. The molecule has 4 rings (SSSR count). The van der Waals surface area contributed by atoms with Crippen LogP contribution in [0.1, 0.15) is 20.8 Å². The molecule has 8 heteroatoms. The van der Waals surface area contributed by atoms with Crippen molar-refractivity contribution >= 4 is 28.9 Å². The maximum atomic E-state index is 12.4. The lowest BCUT2D eigenvalue weighted by atomic mass is 10.2. The van der Waals surface area contributed by atoms with Gasteiger partial charge in [0.25, 0.3) is 5.91 Å². The number of pyridine rings is 1. The van der Waals surface area contributed by atoms with Crippen LogP contribution in [-0.4, -0.2) is 30.8 Å². The van der Waals surface area contributed by atoms with Crippen molar-refractivity contribution in [2.24, 2.45) is 0 Å². The number of hydrogen-bond acceptors (Lipinski definition) is 7. The summed E-state index contributed by atoms with van der Waals surface area (Å²) in [6, 6.07) is 15.4. The highest BCUT2D eigenvalue weighted by Crippen LogP contribution is 2.34. The molecular formula is C21H17N3O5. The molecule has 0 unspecified atom stereocenters. The molecule has 2 heterocycles. The fraction of sp³-hybridized carbons (Fsp3) is 0.0952. The van der Waals surface area contributed by atoms with Crippen molar-refractivity contribution in [1.82, 2.24) is 4.98 Å². The second kappa shape index (κ2) is 7.89. The number of hydrogen-bond donors (Lipinski definition) is 2. The van der Waals surface area contributed by atoms with Gasteiger partial charge in [0.2, 0.25) is 6.79 Å². The normalized spacial score (nSPS) is 11.6. The van der Waals surface area contributed by atoms with E-state index in [2.05, 4.69) is 20.4 Å². The largest absolute Gasteiger partial charge is 0.465 e. The van der Waals surface area contributed by atoms with Crippen LogP contribution in [0.15, 0.2) is 60.8 Å². The average Bonchev–Trinajstić information content (AvgIpc) is 3.22. The average molecular weight is 391 g/mol. The molecule has 3 aromatic rings. The second-order valence-electron chi connectivity index (χ2n) is 6.15. The summed E-state index contributed by atoms with van der Waals surface area (Å²) in [5.41, 5.74) is 2.81. The van der Waals surface area contributed by atoms with Crippen LogP contribution in [0.2, 0.25) is 0 Å². The van der Waals surface area contributed by atoms with Gasteiger partial charge in [0.15, 0.2) is 11.5 Å². The van der Waals surface area contributed by atoms with Gasteiger partial charge in [0.1, 0.15) is 5.69 Å². The van der Waals surface area contributed by atoms with Crippen molar-refractivity contribution in [2.75, 3.05) is 24.5 Å². The van der Waals surface area contributed by atoms with Gasteiger partial charge < -0.3 is 24.8 Å². The molecular weight excluding hydrogens is 374 g/mol. The Morgan fingerprint density at radius 2 is 1.66 bits per heavy atom. The van der Waals surface area contributed by atoms with E-state index in [1.165, 1.54) is 7.11 Å². The number of ether oxygens (including phenoxy) is 3. The third-order valence-corrected chi connectivity index (χ3v) is 4.22. The number of methoxy groups -OCH3 is 1. The summed E-state index contributed by atoms with van der Waals surface area (Å²) in [7, 11) is 1.34. The Morgan fingerprint density at radius 1 is 0.931 bits per heavy atom. The number of aromatic nitrogens is 1. The molecule has 2 aromatic carbocycles. The number of benzene rings is 2. The molecule has 8 nitrogen and oxygen atoms in total. The molecule has 0 fully saturated rings. The van der Waals surface area contributed by atoms with Gasteiger partial charge in [0, 0.05) is 17.4 Å².